The molecule has 108 valence electrons. The Bertz CT molecular complexity index is 475. The monoisotopic (exact) mass is 273 g/mol. The SMILES string of the molecule is N#CC1C[C@@H]2CC[C@@H]2N1C(=O)[C@@H](N)C12CCC(CC1)C2. The lowest BCUT2D eigenvalue weighted by Crippen LogP contribution is -2.56. The number of nitrogens with zero attached hydrogens (tertiary/aromatic N) is 2. The van der Waals surface area contributed by atoms with Crippen molar-refractivity contribution in [1.82, 2.24) is 4.90 Å². The number of carbonyl (C=O) groups excluding carboxylic acids is 1. The number of nitrogens with two attached hydrogens (primary N) is 1. The highest BCUT2D eigenvalue weighted by Gasteiger charge is 2.55. The molecule has 4 rings (SSSR count). The number of hydrogen-bond acceptors (Lipinski definition) is 3. The molecule has 4 aliphatic rings. The van der Waals surface area contributed by atoms with E-state index in [1.807, 2.05) is 4.90 Å². The lowest BCUT2D eigenvalue weighted by atomic mass is 9.76. The molecule has 2 N–H and O–H groups in total. The van der Waals surface area contributed by atoms with Crippen LogP contribution in [0.25, 0.3) is 0 Å². The van der Waals surface area contributed by atoms with E-state index in [4.69, 9.17) is 5.73 Å². The number of nitriles is 1. The highest BCUT2D eigenvalue weighted by Crippen LogP contribution is 2.56. The summed E-state index contributed by atoms with van der Waals surface area (Å²) in [7, 11) is 0. The maximum absolute atomic E-state index is 12.9. The number of likely N-dealkylation sites (tertiary alicyclic amines) is 1. The first-order valence-electron chi connectivity index (χ1n) is 8.12. The summed E-state index contributed by atoms with van der Waals surface area (Å²) < 4.78 is 0. The number of hydrogen-bond donors (Lipinski definition) is 1. The summed E-state index contributed by atoms with van der Waals surface area (Å²) >= 11 is 0. The minimum Gasteiger partial charge on any atom is -0.322 e. The molecule has 4 heteroatoms. The van der Waals surface area contributed by atoms with Crippen molar-refractivity contribution in [2.45, 2.75) is 69.5 Å². The van der Waals surface area contributed by atoms with Crippen molar-refractivity contribution in [3.05, 3.63) is 0 Å². The summed E-state index contributed by atoms with van der Waals surface area (Å²) in [6.07, 6.45) is 8.97. The van der Waals surface area contributed by atoms with Crippen molar-refractivity contribution < 1.29 is 4.79 Å². The Morgan fingerprint density at radius 1 is 1.30 bits per heavy atom. The molecule has 4 fully saturated rings. The Hall–Kier alpha value is -1.08. The molecule has 0 aromatic carbocycles. The number of rotatable bonds is 2. The first kappa shape index (κ1) is 12.6. The Balaban J connectivity index is 1.56. The van der Waals surface area contributed by atoms with Gasteiger partial charge >= 0.3 is 0 Å². The highest BCUT2D eigenvalue weighted by atomic mass is 16.2. The average molecular weight is 273 g/mol. The van der Waals surface area contributed by atoms with Crippen molar-refractivity contribution in [3.63, 3.8) is 0 Å². The zero-order chi connectivity index (χ0) is 13.9. The molecule has 3 saturated carbocycles. The lowest BCUT2D eigenvalue weighted by Gasteiger charge is -2.41. The van der Waals surface area contributed by atoms with E-state index in [1.165, 1.54) is 19.3 Å². The van der Waals surface area contributed by atoms with Gasteiger partial charge in [-0.1, -0.05) is 0 Å². The van der Waals surface area contributed by atoms with Gasteiger partial charge in [0, 0.05) is 6.04 Å². The van der Waals surface area contributed by atoms with Crippen LogP contribution in [0.4, 0.5) is 0 Å². The molecule has 3 aliphatic carbocycles. The molecule has 20 heavy (non-hydrogen) atoms. The van der Waals surface area contributed by atoms with Gasteiger partial charge in [-0.25, -0.2) is 0 Å². The summed E-state index contributed by atoms with van der Waals surface area (Å²) in [5.41, 5.74) is 6.48. The van der Waals surface area contributed by atoms with Crippen molar-refractivity contribution in [3.8, 4) is 6.07 Å². The Kier molecular flexibility index (Phi) is 2.66. The van der Waals surface area contributed by atoms with Gasteiger partial charge in [0.15, 0.2) is 0 Å². The van der Waals surface area contributed by atoms with Crippen LogP contribution in [0.3, 0.4) is 0 Å². The van der Waals surface area contributed by atoms with Crippen LogP contribution >= 0.6 is 0 Å². The third-order valence-corrected chi connectivity index (χ3v) is 6.72. The largest absolute Gasteiger partial charge is 0.322 e. The van der Waals surface area contributed by atoms with E-state index in [-0.39, 0.29) is 23.4 Å². The first-order valence-corrected chi connectivity index (χ1v) is 8.12. The fourth-order valence-corrected chi connectivity index (χ4v) is 5.35. The second kappa shape index (κ2) is 4.21. The van der Waals surface area contributed by atoms with E-state index >= 15 is 0 Å². The normalized spacial score (nSPS) is 46.7. The zero-order valence-electron chi connectivity index (χ0n) is 11.9. The molecule has 1 aliphatic heterocycles. The predicted octanol–water partition coefficient (Wildman–Crippen LogP) is 1.80. The molecule has 1 heterocycles. The Morgan fingerprint density at radius 2 is 2.05 bits per heavy atom. The smallest absolute Gasteiger partial charge is 0.241 e. The molecule has 2 bridgehead atoms. The summed E-state index contributed by atoms with van der Waals surface area (Å²) in [4.78, 5) is 14.8. The third-order valence-electron chi connectivity index (χ3n) is 6.72. The summed E-state index contributed by atoms with van der Waals surface area (Å²) in [5, 5.41) is 9.34. The molecule has 0 spiro atoms. The molecular weight excluding hydrogens is 250 g/mol. The van der Waals surface area contributed by atoms with E-state index in [9.17, 15) is 10.1 Å². The standard InChI is InChI=1S/C16H23N3O/c17-9-12-7-11-1-2-13(11)19(12)15(20)14(18)16-5-3-10(8-16)4-6-16/h10-14H,1-8,18H2/t10?,11-,12?,13-,14+,16?/m0/s1. The van der Waals surface area contributed by atoms with Crippen LogP contribution in [0.1, 0.15) is 51.4 Å². The number of carbonyl (C=O) groups is 1. The van der Waals surface area contributed by atoms with Gasteiger partial charge in [-0.3, -0.25) is 4.79 Å². The number of fused-ring (bicyclic) bond motifs is 3. The molecule has 4 nitrogen and oxygen atoms in total. The molecule has 1 saturated heterocycles. The van der Waals surface area contributed by atoms with Gasteiger partial charge in [-0.15, -0.1) is 0 Å². The van der Waals surface area contributed by atoms with Crippen molar-refractivity contribution in [2.75, 3.05) is 0 Å². The molecule has 0 aromatic heterocycles. The molecule has 4 atom stereocenters. The van der Waals surface area contributed by atoms with Crippen LogP contribution in [0, 0.1) is 28.6 Å². The van der Waals surface area contributed by atoms with Crippen LogP contribution in [0.15, 0.2) is 0 Å². The Labute approximate surface area is 120 Å². The van der Waals surface area contributed by atoms with Gasteiger partial charge in [0.25, 0.3) is 0 Å². The molecule has 0 aromatic rings. The van der Waals surface area contributed by atoms with E-state index in [2.05, 4.69) is 6.07 Å². The summed E-state index contributed by atoms with van der Waals surface area (Å²) in [6, 6.07) is 2.05. The minimum atomic E-state index is -0.370. The Morgan fingerprint density at radius 3 is 2.55 bits per heavy atom. The lowest BCUT2D eigenvalue weighted by molar-refractivity contribution is -0.139. The van der Waals surface area contributed by atoms with E-state index in [0.717, 1.165) is 38.0 Å². The average Bonchev–Trinajstić information content (AvgIpc) is 3.10. The van der Waals surface area contributed by atoms with Crippen LogP contribution in [-0.2, 0) is 4.79 Å². The highest BCUT2D eigenvalue weighted by molar-refractivity contribution is 5.84. The fraction of sp³-hybridized carbons (Fsp3) is 0.875. The molecule has 0 radical (unpaired) electrons. The van der Waals surface area contributed by atoms with E-state index in [1.54, 1.807) is 0 Å². The molecule has 1 amide bonds. The topological polar surface area (TPSA) is 70.1 Å². The molecule has 1 unspecified atom stereocenters. The third kappa shape index (κ3) is 1.53. The molecular formula is C16H23N3O. The van der Waals surface area contributed by atoms with Crippen molar-refractivity contribution >= 4 is 5.91 Å². The first-order chi connectivity index (χ1) is 9.64. The fourth-order valence-electron chi connectivity index (χ4n) is 5.35. The van der Waals surface area contributed by atoms with E-state index < -0.39 is 0 Å². The minimum absolute atomic E-state index is 0.0591. The maximum atomic E-state index is 12.9. The predicted molar refractivity (Wildman–Crippen MR) is 74.4 cm³/mol. The second-order valence-corrected chi connectivity index (χ2v) is 7.52. The quantitative estimate of drug-likeness (QED) is 0.834. The second-order valence-electron chi connectivity index (χ2n) is 7.52. The van der Waals surface area contributed by atoms with Crippen molar-refractivity contribution in [1.29, 1.82) is 5.26 Å². The van der Waals surface area contributed by atoms with Gasteiger partial charge in [0.2, 0.25) is 5.91 Å². The summed E-state index contributed by atoms with van der Waals surface area (Å²) in [6.45, 7) is 0. The van der Waals surface area contributed by atoms with Crippen LogP contribution in [0.2, 0.25) is 0 Å². The van der Waals surface area contributed by atoms with Crippen LogP contribution in [0.5, 0.6) is 0 Å². The van der Waals surface area contributed by atoms with Gasteiger partial charge < -0.3 is 10.6 Å². The number of amides is 1. The summed E-state index contributed by atoms with van der Waals surface area (Å²) in [5.74, 6) is 1.44. The van der Waals surface area contributed by atoms with E-state index in [0.29, 0.717) is 12.0 Å². The zero-order valence-corrected chi connectivity index (χ0v) is 11.9. The van der Waals surface area contributed by atoms with Gasteiger partial charge in [-0.05, 0) is 68.6 Å². The maximum Gasteiger partial charge on any atom is 0.241 e. The van der Waals surface area contributed by atoms with Crippen molar-refractivity contribution in [2.24, 2.45) is 23.0 Å². The van der Waals surface area contributed by atoms with Gasteiger partial charge in [0.1, 0.15) is 6.04 Å². The van der Waals surface area contributed by atoms with Gasteiger partial charge in [0.05, 0.1) is 12.1 Å². The van der Waals surface area contributed by atoms with Crippen LogP contribution < -0.4 is 5.73 Å². The van der Waals surface area contributed by atoms with Gasteiger partial charge in [-0.2, -0.15) is 5.26 Å². The van der Waals surface area contributed by atoms with Crippen LogP contribution in [-0.4, -0.2) is 28.9 Å².